The largest absolute Gasteiger partial charge is 0.409 e. The molecule has 2 rings (SSSR count). The maximum absolute atomic E-state index is 8.73. The van der Waals surface area contributed by atoms with Crippen LogP contribution in [0.15, 0.2) is 23.5 Å². The zero-order chi connectivity index (χ0) is 14.2. The lowest BCUT2D eigenvalue weighted by atomic mass is 10.2. The first-order valence-corrected chi connectivity index (χ1v) is 7.05. The highest BCUT2D eigenvalue weighted by atomic mass is 16.5. The van der Waals surface area contributed by atoms with Gasteiger partial charge >= 0.3 is 0 Å². The number of nitrogens with one attached hydrogen (secondary N) is 1. The first-order chi connectivity index (χ1) is 9.81. The van der Waals surface area contributed by atoms with Gasteiger partial charge < -0.3 is 21.0 Å². The second kappa shape index (κ2) is 7.81. The van der Waals surface area contributed by atoms with E-state index >= 15 is 0 Å². The van der Waals surface area contributed by atoms with E-state index in [9.17, 15) is 0 Å². The number of hydrogen-bond donors (Lipinski definition) is 3. The predicted octanol–water partition coefficient (Wildman–Crippen LogP) is 1.22. The summed E-state index contributed by atoms with van der Waals surface area (Å²) in [6.07, 6.45) is 7.03. The third-order valence-electron chi connectivity index (χ3n) is 3.49. The molecule has 1 fully saturated rings. The van der Waals surface area contributed by atoms with Gasteiger partial charge in [-0.2, -0.15) is 0 Å². The third kappa shape index (κ3) is 4.18. The highest BCUT2D eigenvalue weighted by Crippen LogP contribution is 2.20. The smallest absolute Gasteiger partial charge is 0.189 e. The van der Waals surface area contributed by atoms with Gasteiger partial charge in [0.05, 0.1) is 12.7 Å². The standard InChI is InChI=1S/C14H22N4O2/c15-14(18-19)13-11(4-3-7-17-13)10-16-8-9-20-12-5-1-2-6-12/h3-4,7,12,16,19H,1-2,5-6,8-10H2,(H2,15,18). The summed E-state index contributed by atoms with van der Waals surface area (Å²) in [5.74, 6) is 0.0320. The van der Waals surface area contributed by atoms with Crippen LogP contribution in [0, 0.1) is 0 Å². The topological polar surface area (TPSA) is 92.8 Å². The van der Waals surface area contributed by atoms with E-state index in [1.165, 1.54) is 25.7 Å². The molecule has 1 aromatic heterocycles. The Bertz CT molecular complexity index is 445. The minimum Gasteiger partial charge on any atom is -0.409 e. The van der Waals surface area contributed by atoms with E-state index in [2.05, 4.69) is 15.5 Å². The van der Waals surface area contributed by atoms with E-state index in [1.807, 2.05) is 12.1 Å². The van der Waals surface area contributed by atoms with Gasteiger partial charge in [0.2, 0.25) is 0 Å². The van der Waals surface area contributed by atoms with E-state index in [-0.39, 0.29) is 5.84 Å². The lowest BCUT2D eigenvalue weighted by Gasteiger charge is -2.12. The summed E-state index contributed by atoms with van der Waals surface area (Å²) in [7, 11) is 0. The third-order valence-corrected chi connectivity index (χ3v) is 3.49. The van der Waals surface area contributed by atoms with Gasteiger partial charge in [0.15, 0.2) is 5.84 Å². The van der Waals surface area contributed by atoms with Crippen molar-refractivity contribution in [2.45, 2.75) is 38.3 Å². The molecule has 0 unspecified atom stereocenters. The summed E-state index contributed by atoms with van der Waals surface area (Å²) in [6, 6.07) is 3.74. The number of oxime groups is 1. The minimum atomic E-state index is 0.0320. The number of pyridine rings is 1. The summed E-state index contributed by atoms with van der Waals surface area (Å²) >= 11 is 0. The first-order valence-electron chi connectivity index (χ1n) is 7.05. The molecule has 0 aliphatic heterocycles. The van der Waals surface area contributed by atoms with Crippen LogP contribution in [-0.2, 0) is 11.3 Å². The van der Waals surface area contributed by atoms with Crippen molar-refractivity contribution in [2.24, 2.45) is 10.9 Å². The summed E-state index contributed by atoms with van der Waals surface area (Å²) in [5, 5.41) is 15.0. The fourth-order valence-electron chi connectivity index (χ4n) is 2.44. The number of aromatic nitrogens is 1. The molecule has 0 spiro atoms. The minimum absolute atomic E-state index is 0.0320. The van der Waals surface area contributed by atoms with Crippen LogP contribution >= 0.6 is 0 Å². The van der Waals surface area contributed by atoms with Gasteiger partial charge in [-0.25, -0.2) is 0 Å². The van der Waals surface area contributed by atoms with Crippen LogP contribution in [0.1, 0.15) is 36.9 Å². The van der Waals surface area contributed by atoms with E-state index in [1.54, 1.807) is 6.20 Å². The summed E-state index contributed by atoms with van der Waals surface area (Å²) in [5.41, 5.74) is 7.01. The first kappa shape index (κ1) is 14.7. The summed E-state index contributed by atoms with van der Waals surface area (Å²) < 4.78 is 5.77. The van der Waals surface area contributed by atoms with Crippen LogP contribution < -0.4 is 11.1 Å². The highest BCUT2D eigenvalue weighted by molar-refractivity contribution is 5.96. The van der Waals surface area contributed by atoms with Gasteiger partial charge in [-0.1, -0.05) is 24.1 Å². The molecule has 1 aliphatic carbocycles. The number of ether oxygens (including phenoxy) is 1. The Morgan fingerprint density at radius 2 is 2.30 bits per heavy atom. The Hall–Kier alpha value is -1.66. The van der Waals surface area contributed by atoms with Gasteiger partial charge in [0, 0.05) is 19.3 Å². The van der Waals surface area contributed by atoms with Crippen molar-refractivity contribution in [3.05, 3.63) is 29.6 Å². The molecular weight excluding hydrogens is 256 g/mol. The quantitative estimate of drug-likeness (QED) is 0.229. The number of hydrogen-bond acceptors (Lipinski definition) is 5. The number of rotatable bonds is 7. The van der Waals surface area contributed by atoms with Crippen LogP contribution in [0.4, 0.5) is 0 Å². The maximum Gasteiger partial charge on any atom is 0.189 e. The van der Waals surface area contributed by atoms with Crippen molar-refractivity contribution in [2.75, 3.05) is 13.2 Å². The average molecular weight is 278 g/mol. The molecule has 0 radical (unpaired) electrons. The van der Waals surface area contributed by atoms with E-state index in [0.29, 0.717) is 24.9 Å². The molecule has 1 heterocycles. The molecule has 110 valence electrons. The van der Waals surface area contributed by atoms with Crippen molar-refractivity contribution in [1.29, 1.82) is 0 Å². The van der Waals surface area contributed by atoms with Crippen LogP contribution in [0.25, 0.3) is 0 Å². The monoisotopic (exact) mass is 278 g/mol. The molecule has 6 nitrogen and oxygen atoms in total. The van der Waals surface area contributed by atoms with Crippen molar-refractivity contribution >= 4 is 5.84 Å². The Kier molecular flexibility index (Phi) is 5.76. The molecule has 0 atom stereocenters. The molecule has 4 N–H and O–H groups in total. The Balaban J connectivity index is 1.73. The van der Waals surface area contributed by atoms with Crippen LogP contribution in [0.2, 0.25) is 0 Å². The molecule has 0 amide bonds. The van der Waals surface area contributed by atoms with E-state index in [0.717, 1.165) is 12.1 Å². The van der Waals surface area contributed by atoms with Gasteiger partial charge in [0.1, 0.15) is 5.69 Å². The normalized spacial score (nSPS) is 16.7. The van der Waals surface area contributed by atoms with Crippen LogP contribution in [-0.4, -0.2) is 35.3 Å². The number of nitrogens with two attached hydrogens (primary N) is 1. The van der Waals surface area contributed by atoms with E-state index in [4.69, 9.17) is 15.7 Å². The lowest BCUT2D eigenvalue weighted by Crippen LogP contribution is -2.24. The average Bonchev–Trinajstić information content (AvgIpc) is 3.00. The fraction of sp³-hybridized carbons (Fsp3) is 0.571. The van der Waals surface area contributed by atoms with Gasteiger partial charge in [-0.15, -0.1) is 0 Å². The molecular formula is C14H22N4O2. The second-order valence-corrected chi connectivity index (χ2v) is 4.95. The Morgan fingerprint density at radius 1 is 1.50 bits per heavy atom. The van der Waals surface area contributed by atoms with Crippen molar-refractivity contribution in [1.82, 2.24) is 10.3 Å². The van der Waals surface area contributed by atoms with Crippen LogP contribution in [0.5, 0.6) is 0 Å². The summed E-state index contributed by atoms with van der Waals surface area (Å²) in [4.78, 5) is 4.12. The van der Waals surface area contributed by atoms with Crippen molar-refractivity contribution < 1.29 is 9.94 Å². The zero-order valence-corrected chi connectivity index (χ0v) is 11.6. The predicted molar refractivity (Wildman–Crippen MR) is 76.7 cm³/mol. The maximum atomic E-state index is 8.73. The van der Waals surface area contributed by atoms with Crippen molar-refractivity contribution in [3.8, 4) is 0 Å². The SMILES string of the molecule is NC(=NO)c1ncccc1CNCCOC1CCCC1. The van der Waals surface area contributed by atoms with Gasteiger partial charge in [0.25, 0.3) is 0 Å². The molecule has 0 bridgehead atoms. The van der Waals surface area contributed by atoms with Gasteiger partial charge in [-0.05, 0) is 24.5 Å². The molecule has 1 saturated carbocycles. The highest BCUT2D eigenvalue weighted by Gasteiger charge is 2.14. The molecule has 0 saturated heterocycles. The fourth-order valence-corrected chi connectivity index (χ4v) is 2.44. The molecule has 1 aromatic rings. The van der Waals surface area contributed by atoms with E-state index < -0.39 is 0 Å². The Labute approximate surface area is 119 Å². The molecule has 6 heteroatoms. The summed E-state index contributed by atoms with van der Waals surface area (Å²) in [6.45, 7) is 2.11. The van der Waals surface area contributed by atoms with Crippen LogP contribution in [0.3, 0.4) is 0 Å². The number of nitrogens with zero attached hydrogens (tertiary/aromatic N) is 2. The Morgan fingerprint density at radius 3 is 3.05 bits per heavy atom. The second-order valence-electron chi connectivity index (χ2n) is 4.95. The molecule has 20 heavy (non-hydrogen) atoms. The molecule has 0 aromatic carbocycles. The van der Waals surface area contributed by atoms with Gasteiger partial charge in [-0.3, -0.25) is 4.98 Å². The van der Waals surface area contributed by atoms with Crippen molar-refractivity contribution in [3.63, 3.8) is 0 Å². The molecule has 1 aliphatic rings. The lowest BCUT2D eigenvalue weighted by molar-refractivity contribution is 0.0602. The zero-order valence-electron chi connectivity index (χ0n) is 11.6. The number of amidine groups is 1.